The third-order valence-electron chi connectivity index (χ3n) is 5.20. The molecule has 1 aliphatic carbocycles. The largest absolute Gasteiger partial charge is 0.478 e. The molecule has 1 aliphatic rings. The van der Waals surface area contributed by atoms with E-state index in [2.05, 4.69) is 21.5 Å². The number of aryl methyl sites for hydroxylation is 3. The maximum atomic E-state index is 11.3. The van der Waals surface area contributed by atoms with E-state index in [4.69, 9.17) is 4.98 Å². The number of imidazole rings is 1. The van der Waals surface area contributed by atoms with Gasteiger partial charge in [-0.15, -0.1) is 23.7 Å². The van der Waals surface area contributed by atoms with Crippen molar-refractivity contribution in [2.45, 2.75) is 43.5 Å². The van der Waals surface area contributed by atoms with Crippen LogP contribution < -0.4 is 0 Å². The standard InChI is InChI=1S/C20H18N4O2S2.ClH/c1-2-24-14-7-6-11(20(25)26)8-13(14)23-16(24)9-27-18-17-12-4-3-5-15(12)28-19(17)22-10-21-18;/h6-8,10H,2-5,9H2,1H3,(H,25,26);1H. The monoisotopic (exact) mass is 446 g/mol. The van der Waals surface area contributed by atoms with Crippen molar-refractivity contribution in [2.24, 2.45) is 0 Å². The summed E-state index contributed by atoms with van der Waals surface area (Å²) in [4.78, 5) is 27.5. The smallest absolute Gasteiger partial charge is 0.335 e. The molecule has 6 nitrogen and oxygen atoms in total. The fraction of sp³-hybridized carbons (Fsp3) is 0.300. The van der Waals surface area contributed by atoms with Gasteiger partial charge in [-0.2, -0.15) is 0 Å². The van der Waals surface area contributed by atoms with Gasteiger partial charge in [0.2, 0.25) is 0 Å². The van der Waals surface area contributed by atoms with E-state index < -0.39 is 5.97 Å². The molecule has 0 amide bonds. The molecule has 4 aromatic rings. The zero-order chi connectivity index (χ0) is 19.3. The number of carboxylic acids is 1. The molecule has 0 bridgehead atoms. The molecule has 5 rings (SSSR count). The van der Waals surface area contributed by atoms with E-state index >= 15 is 0 Å². The van der Waals surface area contributed by atoms with Crippen LogP contribution in [0.2, 0.25) is 0 Å². The predicted octanol–water partition coefficient (Wildman–Crippen LogP) is 4.96. The third-order valence-corrected chi connectivity index (χ3v) is 7.38. The van der Waals surface area contributed by atoms with E-state index in [1.807, 2.05) is 6.07 Å². The normalized spacial score (nSPS) is 13.0. The van der Waals surface area contributed by atoms with Crippen molar-refractivity contribution in [3.05, 3.63) is 46.4 Å². The van der Waals surface area contributed by atoms with Gasteiger partial charge in [-0.05, 0) is 49.9 Å². The number of thiophene rings is 1. The fourth-order valence-corrected chi connectivity index (χ4v) is 6.18. The van der Waals surface area contributed by atoms with Crippen LogP contribution in [0.1, 0.15) is 40.0 Å². The molecule has 0 atom stereocenters. The third kappa shape index (κ3) is 3.39. The molecule has 0 spiro atoms. The summed E-state index contributed by atoms with van der Waals surface area (Å²) in [5.74, 6) is 0.684. The minimum absolute atomic E-state index is 0. The Balaban J connectivity index is 0.00000205. The van der Waals surface area contributed by atoms with Crippen molar-refractivity contribution >= 4 is 62.7 Å². The minimum atomic E-state index is -0.932. The van der Waals surface area contributed by atoms with E-state index in [0.29, 0.717) is 5.75 Å². The molecule has 150 valence electrons. The van der Waals surface area contributed by atoms with Crippen LogP contribution in [-0.2, 0) is 25.1 Å². The molecule has 29 heavy (non-hydrogen) atoms. The van der Waals surface area contributed by atoms with Crippen molar-refractivity contribution in [1.29, 1.82) is 0 Å². The summed E-state index contributed by atoms with van der Waals surface area (Å²) >= 11 is 3.48. The van der Waals surface area contributed by atoms with Gasteiger partial charge in [-0.25, -0.2) is 19.7 Å². The number of rotatable bonds is 5. The van der Waals surface area contributed by atoms with Crippen molar-refractivity contribution in [3.8, 4) is 0 Å². The maximum absolute atomic E-state index is 11.3. The number of hydrogen-bond donors (Lipinski definition) is 1. The van der Waals surface area contributed by atoms with E-state index in [1.54, 1.807) is 41.6 Å². The first-order chi connectivity index (χ1) is 13.7. The molecule has 0 radical (unpaired) electrons. The topological polar surface area (TPSA) is 80.9 Å². The number of benzene rings is 1. The number of nitrogens with zero attached hydrogens (tertiary/aromatic N) is 4. The minimum Gasteiger partial charge on any atom is -0.478 e. The van der Waals surface area contributed by atoms with Gasteiger partial charge in [0.15, 0.2) is 0 Å². The zero-order valence-electron chi connectivity index (χ0n) is 15.7. The molecule has 0 unspecified atom stereocenters. The van der Waals surface area contributed by atoms with Gasteiger partial charge < -0.3 is 9.67 Å². The van der Waals surface area contributed by atoms with Crippen molar-refractivity contribution < 1.29 is 9.90 Å². The van der Waals surface area contributed by atoms with Crippen LogP contribution in [0.5, 0.6) is 0 Å². The second kappa shape index (κ2) is 7.93. The predicted molar refractivity (Wildman–Crippen MR) is 119 cm³/mol. The van der Waals surface area contributed by atoms with E-state index in [1.165, 1.54) is 22.2 Å². The Morgan fingerprint density at radius 3 is 2.97 bits per heavy atom. The van der Waals surface area contributed by atoms with Crippen molar-refractivity contribution in [2.75, 3.05) is 0 Å². The maximum Gasteiger partial charge on any atom is 0.335 e. The van der Waals surface area contributed by atoms with Crippen LogP contribution in [0.3, 0.4) is 0 Å². The molecule has 1 N–H and O–H groups in total. The van der Waals surface area contributed by atoms with Gasteiger partial charge in [-0.1, -0.05) is 11.8 Å². The second-order valence-electron chi connectivity index (χ2n) is 6.79. The van der Waals surface area contributed by atoms with Gasteiger partial charge in [0, 0.05) is 16.8 Å². The van der Waals surface area contributed by atoms with Crippen LogP contribution >= 0.6 is 35.5 Å². The Hall–Kier alpha value is -2.16. The quantitative estimate of drug-likeness (QED) is 0.344. The highest BCUT2D eigenvalue weighted by atomic mass is 35.5. The lowest BCUT2D eigenvalue weighted by atomic mass is 10.2. The summed E-state index contributed by atoms with van der Waals surface area (Å²) < 4.78 is 2.14. The van der Waals surface area contributed by atoms with Gasteiger partial charge in [0.25, 0.3) is 0 Å². The Labute approximate surface area is 181 Å². The van der Waals surface area contributed by atoms with E-state index in [9.17, 15) is 9.90 Å². The number of halogens is 1. The van der Waals surface area contributed by atoms with Crippen LogP contribution in [0, 0.1) is 0 Å². The highest BCUT2D eigenvalue weighted by Crippen LogP contribution is 2.40. The molecular weight excluding hydrogens is 428 g/mol. The van der Waals surface area contributed by atoms with Crippen LogP contribution in [0.25, 0.3) is 21.3 Å². The first kappa shape index (κ1) is 20.1. The van der Waals surface area contributed by atoms with Crippen molar-refractivity contribution in [1.82, 2.24) is 19.5 Å². The lowest BCUT2D eigenvalue weighted by molar-refractivity contribution is 0.0697. The Morgan fingerprint density at radius 1 is 1.31 bits per heavy atom. The molecular formula is C20H19ClN4O2S2. The summed E-state index contributed by atoms with van der Waals surface area (Å²) in [5.41, 5.74) is 3.38. The molecule has 9 heteroatoms. The van der Waals surface area contributed by atoms with Crippen LogP contribution in [0.4, 0.5) is 0 Å². The van der Waals surface area contributed by atoms with Gasteiger partial charge in [0.1, 0.15) is 22.0 Å². The highest BCUT2D eigenvalue weighted by molar-refractivity contribution is 7.98. The van der Waals surface area contributed by atoms with Gasteiger partial charge >= 0.3 is 5.97 Å². The lowest BCUT2D eigenvalue weighted by Gasteiger charge is -2.07. The first-order valence-electron chi connectivity index (χ1n) is 9.26. The van der Waals surface area contributed by atoms with Crippen LogP contribution in [-0.4, -0.2) is 30.6 Å². The number of hydrogen-bond acceptors (Lipinski definition) is 6. The number of fused-ring (bicyclic) bond motifs is 4. The summed E-state index contributed by atoms with van der Waals surface area (Å²) in [7, 11) is 0. The number of aromatic nitrogens is 4. The first-order valence-corrected chi connectivity index (χ1v) is 11.1. The second-order valence-corrected chi connectivity index (χ2v) is 8.83. The molecule has 0 fully saturated rings. The number of carbonyl (C=O) groups is 1. The van der Waals surface area contributed by atoms with Crippen LogP contribution in [0.15, 0.2) is 29.6 Å². The molecule has 1 aromatic carbocycles. The lowest BCUT2D eigenvalue weighted by Crippen LogP contribution is -2.01. The molecule has 3 aromatic heterocycles. The Bertz CT molecular complexity index is 1230. The van der Waals surface area contributed by atoms with E-state index in [0.717, 1.165) is 46.1 Å². The van der Waals surface area contributed by atoms with Crippen molar-refractivity contribution in [3.63, 3.8) is 0 Å². The highest BCUT2D eigenvalue weighted by Gasteiger charge is 2.22. The van der Waals surface area contributed by atoms with Gasteiger partial charge in [-0.3, -0.25) is 0 Å². The number of aromatic carboxylic acids is 1. The average Bonchev–Trinajstić information content (AvgIpc) is 3.37. The Morgan fingerprint density at radius 2 is 2.17 bits per heavy atom. The summed E-state index contributed by atoms with van der Waals surface area (Å²) in [6.07, 6.45) is 5.13. The number of carboxylic acid groups (broad SMARTS) is 1. The van der Waals surface area contributed by atoms with E-state index in [-0.39, 0.29) is 18.0 Å². The fourth-order valence-electron chi connectivity index (χ4n) is 3.92. The SMILES string of the molecule is CCn1c(CSc2ncnc3sc4c(c23)CCC4)nc2cc(C(=O)O)ccc21.Cl. The summed E-state index contributed by atoms with van der Waals surface area (Å²) in [6.45, 7) is 2.86. The van der Waals surface area contributed by atoms with Gasteiger partial charge in [0.05, 0.1) is 22.3 Å². The Kier molecular flexibility index (Phi) is 5.50. The number of thioether (sulfide) groups is 1. The molecule has 0 aliphatic heterocycles. The average molecular weight is 447 g/mol. The summed E-state index contributed by atoms with van der Waals surface area (Å²) in [5, 5.41) is 11.5. The summed E-state index contributed by atoms with van der Waals surface area (Å²) in [6, 6.07) is 5.13. The molecule has 0 saturated carbocycles. The molecule has 0 saturated heterocycles. The molecule has 3 heterocycles. The zero-order valence-corrected chi connectivity index (χ0v) is 18.2.